The summed E-state index contributed by atoms with van der Waals surface area (Å²) in [7, 11) is 0. The SMILES string of the molecule is Cc1cc(C)c2c(c1O)C(NC(=O)CN1CCN(CCO)CC1)C(C)(C)C2. The molecule has 1 fully saturated rings. The van der Waals surface area contributed by atoms with Crippen molar-refractivity contribution in [3.63, 3.8) is 0 Å². The number of piperazine rings is 1. The van der Waals surface area contributed by atoms with Gasteiger partial charge in [-0.05, 0) is 42.4 Å². The zero-order valence-corrected chi connectivity index (χ0v) is 17.0. The van der Waals surface area contributed by atoms with Gasteiger partial charge in [-0.15, -0.1) is 0 Å². The van der Waals surface area contributed by atoms with Crippen molar-refractivity contribution in [2.75, 3.05) is 45.9 Å². The third kappa shape index (κ3) is 4.13. The topological polar surface area (TPSA) is 76.0 Å². The number of nitrogens with one attached hydrogen (secondary N) is 1. The summed E-state index contributed by atoms with van der Waals surface area (Å²) in [6.45, 7) is 13.0. The number of hydrogen-bond acceptors (Lipinski definition) is 5. The molecule has 1 aliphatic carbocycles. The van der Waals surface area contributed by atoms with Gasteiger partial charge in [-0.2, -0.15) is 0 Å². The van der Waals surface area contributed by atoms with E-state index < -0.39 is 0 Å². The van der Waals surface area contributed by atoms with E-state index in [9.17, 15) is 9.90 Å². The molecule has 1 heterocycles. The summed E-state index contributed by atoms with van der Waals surface area (Å²) in [6.07, 6.45) is 0.854. The average Bonchev–Trinajstić information content (AvgIpc) is 2.86. The Bertz CT molecular complexity index is 709. The molecule has 6 heteroatoms. The molecular weight excluding hydrogens is 342 g/mol. The number of fused-ring (bicyclic) bond motifs is 1. The van der Waals surface area contributed by atoms with E-state index in [0.29, 0.717) is 18.8 Å². The number of benzene rings is 1. The summed E-state index contributed by atoms with van der Waals surface area (Å²) in [5, 5.41) is 22.9. The van der Waals surface area contributed by atoms with Crippen LogP contribution in [0.4, 0.5) is 0 Å². The maximum atomic E-state index is 12.8. The molecule has 1 aromatic carbocycles. The summed E-state index contributed by atoms with van der Waals surface area (Å²) < 4.78 is 0. The molecule has 1 unspecified atom stereocenters. The number of aliphatic hydroxyl groups excluding tert-OH is 1. The van der Waals surface area contributed by atoms with Gasteiger partial charge < -0.3 is 15.5 Å². The lowest BCUT2D eigenvalue weighted by Crippen LogP contribution is -2.50. The number of phenols is 1. The lowest BCUT2D eigenvalue weighted by Gasteiger charge is -2.35. The van der Waals surface area contributed by atoms with E-state index in [2.05, 4.69) is 35.9 Å². The van der Waals surface area contributed by atoms with Gasteiger partial charge in [0.25, 0.3) is 0 Å². The fourth-order valence-electron chi connectivity index (χ4n) is 4.53. The zero-order chi connectivity index (χ0) is 19.8. The molecule has 1 amide bonds. The number of nitrogens with zero attached hydrogens (tertiary/aromatic N) is 2. The Labute approximate surface area is 162 Å². The molecule has 6 nitrogen and oxygen atoms in total. The standard InChI is InChI=1S/C21H33N3O3/c1-14-11-15(2)19(27)18-16(14)12-21(3,4)20(18)22-17(26)13-24-7-5-23(6-8-24)9-10-25/h11,20,25,27H,5-10,12-13H2,1-4H3,(H,22,26). The Morgan fingerprint density at radius 2 is 1.81 bits per heavy atom. The molecule has 150 valence electrons. The second-order valence-corrected chi connectivity index (χ2v) is 8.76. The van der Waals surface area contributed by atoms with E-state index in [1.807, 2.05) is 13.0 Å². The van der Waals surface area contributed by atoms with Gasteiger partial charge in [-0.1, -0.05) is 19.9 Å². The van der Waals surface area contributed by atoms with Crippen LogP contribution >= 0.6 is 0 Å². The van der Waals surface area contributed by atoms with Gasteiger partial charge in [0.2, 0.25) is 5.91 Å². The summed E-state index contributed by atoms with van der Waals surface area (Å²) in [5.41, 5.74) is 3.99. The first-order chi connectivity index (χ1) is 12.7. The van der Waals surface area contributed by atoms with Crippen molar-refractivity contribution >= 4 is 5.91 Å². The maximum absolute atomic E-state index is 12.8. The molecule has 2 aliphatic rings. The van der Waals surface area contributed by atoms with Crippen LogP contribution < -0.4 is 5.32 Å². The molecule has 0 saturated carbocycles. The van der Waals surface area contributed by atoms with E-state index in [4.69, 9.17) is 5.11 Å². The number of hydrogen-bond donors (Lipinski definition) is 3. The van der Waals surface area contributed by atoms with Gasteiger partial charge in [0.15, 0.2) is 0 Å². The van der Waals surface area contributed by atoms with E-state index in [1.165, 1.54) is 11.1 Å². The molecule has 1 atom stereocenters. The van der Waals surface area contributed by atoms with Gasteiger partial charge in [0, 0.05) is 38.3 Å². The van der Waals surface area contributed by atoms with Crippen molar-refractivity contribution in [2.45, 2.75) is 40.2 Å². The molecular formula is C21H33N3O3. The quantitative estimate of drug-likeness (QED) is 0.725. The van der Waals surface area contributed by atoms with E-state index >= 15 is 0 Å². The highest BCUT2D eigenvalue weighted by Gasteiger charge is 2.43. The van der Waals surface area contributed by atoms with Crippen LogP contribution in [0.1, 0.15) is 42.1 Å². The Kier molecular flexibility index (Phi) is 5.79. The van der Waals surface area contributed by atoms with Crippen LogP contribution in [0.5, 0.6) is 5.75 Å². The van der Waals surface area contributed by atoms with Gasteiger partial charge in [-0.25, -0.2) is 0 Å². The number of β-amino-alcohol motifs (C(OH)–C–C–N with tert-alkyl or cyclic N) is 1. The number of aromatic hydroxyl groups is 1. The molecule has 27 heavy (non-hydrogen) atoms. The first-order valence-corrected chi connectivity index (χ1v) is 9.90. The Hall–Kier alpha value is -1.63. The summed E-state index contributed by atoms with van der Waals surface area (Å²) in [4.78, 5) is 17.1. The van der Waals surface area contributed by atoms with Crippen LogP contribution in [0, 0.1) is 19.3 Å². The number of amides is 1. The summed E-state index contributed by atoms with van der Waals surface area (Å²) in [6, 6.07) is 1.86. The lowest BCUT2D eigenvalue weighted by atomic mass is 9.85. The highest BCUT2D eigenvalue weighted by molar-refractivity contribution is 5.79. The van der Waals surface area contributed by atoms with Crippen molar-refractivity contribution in [1.82, 2.24) is 15.1 Å². The number of rotatable bonds is 5. The monoisotopic (exact) mass is 375 g/mol. The highest BCUT2D eigenvalue weighted by Crippen LogP contribution is 2.50. The van der Waals surface area contributed by atoms with Crippen LogP contribution in [0.15, 0.2) is 6.07 Å². The second-order valence-electron chi connectivity index (χ2n) is 8.76. The van der Waals surface area contributed by atoms with E-state index in [1.54, 1.807) is 0 Å². The summed E-state index contributed by atoms with van der Waals surface area (Å²) in [5.74, 6) is 0.333. The largest absolute Gasteiger partial charge is 0.507 e. The molecule has 3 N–H and O–H groups in total. The van der Waals surface area contributed by atoms with Crippen LogP contribution in [0.2, 0.25) is 0 Å². The Balaban J connectivity index is 1.68. The van der Waals surface area contributed by atoms with Crippen molar-refractivity contribution < 1.29 is 15.0 Å². The predicted octanol–water partition coefficient (Wildman–Crippen LogP) is 1.36. The lowest BCUT2D eigenvalue weighted by molar-refractivity contribution is -0.124. The van der Waals surface area contributed by atoms with E-state index in [0.717, 1.165) is 43.7 Å². The van der Waals surface area contributed by atoms with Crippen molar-refractivity contribution in [1.29, 1.82) is 0 Å². The molecule has 1 aromatic rings. The minimum atomic E-state index is -0.172. The fraction of sp³-hybridized carbons (Fsp3) is 0.667. The maximum Gasteiger partial charge on any atom is 0.234 e. The van der Waals surface area contributed by atoms with E-state index in [-0.39, 0.29) is 24.0 Å². The summed E-state index contributed by atoms with van der Waals surface area (Å²) >= 11 is 0. The molecule has 1 saturated heterocycles. The highest BCUT2D eigenvalue weighted by atomic mass is 16.3. The number of carbonyl (C=O) groups is 1. The zero-order valence-electron chi connectivity index (χ0n) is 17.0. The Morgan fingerprint density at radius 3 is 2.44 bits per heavy atom. The fourth-order valence-corrected chi connectivity index (χ4v) is 4.53. The van der Waals surface area contributed by atoms with Crippen molar-refractivity contribution in [3.8, 4) is 5.75 Å². The number of carbonyl (C=O) groups excluding carboxylic acids is 1. The van der Waals surface area contributed by atoms with Gasteiger partial charge in [0.1, 0.15) is 5.75 Å². The minimum Gasteiger partial charge on any atom is -0.507 e. The van der Waals surface area contributed by atoms with Gasteiger partial charge in [-0.3, -0.25) is 14.6 Å². The molecule has 3 rings (SSSR count). The van der Waals surface area contributed by atoms with Crippen LogP contribution in [0.25, 0.3) is 0 Å². The minimum absolute atomic E-state index is 0.00934. The second kappa shape index (κ2) is 7.78. The van der Waals surface area contributed by atoms with Crippen LogP contribution in [-0.2, 0) is 11.2 Å². The molecule has 0 aromatic heterocycles. The third-order valence-electron chi connectivity index (χ3n) is 6.12. The first kappa shape index (κ1) is 20.1. The Morgan fingerprint density at radius 1 is 1.19 bits per heavy atom. The normalized spacial score (nSPS) is 22.6. The smallest absolute Gasteiger partial charge is 0.234 e. The van der Waals surface area contributed by atoms with Crippen molar-refractivity contribution in [3.05, 3.63) is 28.3 Å². The molecule has 0 spiro atoms. The van der Waals surface area contributed by atoms with Crippen molar-refractivity contribution in [2.24, 2.45) is 5.41 Å². The number of aryl methyl sites for hydroxylation is 2. The number of aliphatic hydroxyl groups is 1. The molecule has 0 bridgehead atoms. The molecule has 0 radical (unpaired) electrons. The van der Waals surface area contributed by atoms with Crippen LogP contribution in [-0.4, -0.2) is 71.8 Å². The third-order valence-corrected chi connectivity index (χ3v) is 6.12. The number of phenolic OH excluding ortho intramolecular Hbond substituents is 1. The molecule has 1 aliphatic heterocycles. The first-order valence-electron chi connectivity index (χ1n) is 9.90. The predicted molar refractivity (Wildman–Crippen MR) is 106 cm³/mol. The average molecular weight is 376 g/mol. The van der Waals surface area contributed by atoms with Crippen LogP contribution in [0.3, 0.4) is 0 Å². The van der Waals surface area contributed by atoms with Gasteiger partial charge in [0.05, 0.1) is 19.2 Å². The van der Waals surface area contributed by atoms with Gasteiger partial charge >= 0.3 is 0 Å².